The average Bonchev–Trinajstić information content (AvgIpc) is 2.22. The molecule has 0 N–H and O–H groups in total. The fraction of sp³-hybridized carbons (Fsp3) is 0.786. The quantitative estimate of drug-likeness (QED) is 0.416. The maximum Gasteiger partial charge on any atom is 0.332 e. The number of carbonyl (C=O) groups is 1. The second kappa shape index (κ2) is 6.38. The molecule has 0 rings (SSSR count). The lowest BCUT2D eigenvalue weighted by Gasteiger charge is -2.41. The highest BCUT2D eigenvalue weighted by atomic mass is 28.3. The Bertz CT molecular complexity index is 269. The van der Waals surface area contributed by atoms with Gasteiger partial charge < -0.3 is 4.74 Å². The van der Waals surface area contributed by atoms with Crippen molar-refractivity contribution >= 4 is 14.0 Å². The van der Waals surface area contributed by atoms with Crippen LogP contribution in [0.3, 0.4) is 0 Å². The first-order valence-electron chi connectivity index (χ1n) is 6.47. The molecule has 0 spiro atoms. The number of ether oxygens (including phenoxy) is 1. The molecule has 0 aliphatic carbocycles. The average molecular weight is 256 g/mol. The molecular formula is C14H28O2Si. The summed E-state index contributed by atoms with van der Waals surface area (Å²) >= 11 is 0. The van der Waals surface area contributed by atoms with Crippen molar-refractivity contribution in [2.45, 2.75) is 65.1 Å². The molecule has 0 atom stereocenters. The summed E-state index contributed by atoms with van der Waals surface area (Å²) in [4.78, 5) is 11.6. The zero-order valence-corrected chi connectivity index (χ0v) is 13.6. The summed E-state index contributed by atoms with van der Waals surface area (Å²) in [5, 5.41) is 0. The monoisotopic (exact) mass is 256 g/mol. The second-order valence-electron chi connectivity index (χ2n) is 5.78. The van der Waals surface area contributed by atoms with Crippen LogP contribution in [-0.4, -0.2) is 21.2 Å². The predicted octanol–water partition coefficient (Wildman–Crippen LogP) is 4.32. The van der Waals surface area contributed by atoms with Crippen molar-refractivity contribution in [1.29, 1.82) is 0 Å². The Morgan fingerprint density at radius 2 is 1.35 bits per heavy atom. The van der Waals surface area contributed by atoms with Crippen LogP contribution in [0.2, 0.25) is 16.6 Å². The van der Waals surface area contributed by atoms with Gasteiger partial charge in [0.15, 0.2) is 0 Å². The van der Waals surface area contributed by atoms with Gasteiger partial charge in [-0.25, -0.2) is 4.79 Å². The topological polar surface area (TPSA) is 26.3 Å². The Morgan fingerprint density at radius 1 is 1.00 bits per heavy atom. The minimum atomic E-state index is -1.63. The molecule has 0 unspecified atom stereocenters. The van der Waals surface area contributed by atoms with Crippen molar-refractivity contribution in [3.63, 3.8) is 0 Å². The van der Waals surface area contributed by atoms with Crippen LogP contribution in [0.4, 0.5) is 0 Å². The SMILES string of the molecule is COC(=O)C(C)=C[Si](C(C)C)(C(C)C)C(C)C. The van der Waals surface area contributed by atoms with E-state index in [0.717, 1.165) is 5.57 Å². The van der Waals surface area contributed by atoms with E-state index in [1.165, 1.54) is 7.11 Å². The summed E-state index contributed by atoms with van der Waals surface area (Å²) in [5.41, 5.74) is 4.92. The lowest BCUT2D eigenvalue weighted by atomic mass is 10.4. The molecule has 0 aromatic rings. The van der Waals surface area contributed by atoms with Gasteiger partial charge in [0.05, 0.1) is 15.2 Å². The van der Waals surface area contributed by atoms with E-state index in [1.54, 1.807) is 0 Å². The Hall–Kier alpha value is -0.573. The lowest BCUT2D eigenvalue weighted by Crippen LogP contribution is -2.43. The first-order valence-corrected chi connectivity index (χ1v) is 8.78. The van der Waals surface area contributed by atoms with Crippen molar-refractivity contribution < 1.29 is 9.53 Å². The molecule has 0 heterocycles. The minimum absolute atomic E-state index is 0.191. The number of carbonyl (C=O) groups excluding carboxylic acids is 1. The molecular weight excluding hydrogens is 228 g/mol. The largest absolute Gasteiger partial charge is 0.466 e. The van der Waals surface area contributed by atoms with Gasteiger partial charge in [0, 0.05) is 5.57 Å². The molecule has 0 aromatic heterocycles. The zero-order chi connectivity index (χ0) is 13.8. The molecule has 0 amide bonds. The first-order chi connectivity index (χ1) is 7.70. The molecule has 2 nitrogen and oxygen atoms in total. The Morgan fingerprint density at radius 3 is 1.59 bits per heavy atom. The summed E-state index contributed by atoms with van der Waals surface area (Å²) < 4.78 is 4.81. The summed E-state index contributed by atoms with van der Waals surface area (Å²) in [5.74, 6) is -0.191. The van der Waals surface area contributed by atoms with E-state index in [2.05, 4.69) is 47.2 Å². The van der Waals surface area contributed by atoms with Crippen LogP contribution in [0.1, 0.15) is 48.5 Å². The van der Waals surface area contributed by atoms with Crippen molar-refractivity contribution in [2.75, 3.05) is 7.11 Å². The van der Waals surface area contributed by atoms with Crippen LogP contribution >= 0.6 is 0 Å². The third kappa shape index (κ3) is 3.44. The number of rotatable bonds is 5. The van der Waals surface area contributed by atoms with E-state index in [1.807, 2.05) is 6.92 Å². The van der Waals surface area contributed by atoms with Crippen LogP contribution in [-0.2, 0) is 9.53 Å². The zero-order valence-electron chi connectivity index (χ0n) is 12.6. The lowest BCUT2D eigenvalue weighted by molar-refractivity contribution is -0.136. The first kappa shape index (κ1) is 16.4. The maximum atomic E-state index is 11.6. The van der Waals surface area contributed by atoms with Crippen molar-refractivity contribution in [1.82, 2.24) is 0 Å². The van der Waals surface area contributed by atoms with Gasteiger partial charge in [0.1, 0.15) is 0 Å². The van der Waals surface area contributed by atoms with Crippen LogP contribution in [0.25, 0.3) is 0 Å². The van der Waals surface area contributed by atoms with Crippen LogP contribution in [0.5, 0.6) is 0 Å². The maximum absolute atomic E-state index is 11.6. The van der Waals surface area contributed by atoms with Gasteiger partial charge in [0.25, 0.3) is 0 Å². The van der Waals surface area contributed by atoms with E-state index >= 15 is 0 Å². The van der Waals surface area contributed by atoms with E-state index in [4.69, 9.17) is 4.74 Å². The standard InChI is InChI=1S/C14H28O2Si/c1-10(2)17(11(3)4,12(5)6)9-13(7)14(15)16-8/h9-12H,1-8H3. The molecule has 0 aliphatic rings. The molecule has 17 heavy (non-hydrogen) atoms. The van der Waals surface area contributed by atoms with Crippen LogP contribution < -0.4 is 0 Å². The molecule has 0 aliphatic heterocycles. The minimum Gasteiger partial charge on any atom is -0.466 e. The number of esters is 1. The highest BCUT2D eigenvalue weighted by Crippen LogP contribution is 2.43. The van der Waals surface area contributed by atoms with Gasteiger partial charge in [-0.05, 0) is 23.5 Å². The van der Waals surface area contributed by atoms with Crippen LogP contribution in [0.15, 0.2) is 11.3 Å². The van der Waals surface area contributed by atoms with Gasteiger partial charge in [-0.1, -0.05) is 47.2 Å². The van der Waals surface area contributed by atoms with Crippen LogP contribution in [0, 0.1) is 0 Å². The Balaban J connectivity index is 5.55. The third-order valence-electron chi connectivity index (χ3n) is 3.97. The third-order valence-corrected chi connectivity index (χ3v) is 10.9. The van der Waals surface area contributed by atoms with Gasteiger partial charge in [0.2, 0.25) is 0 Å². The highest BCUT2D eigenvalue weighted by molar-refractivity contribution is 6.88. The van der Waals surface area contributed by atoms with E-state index in [9.17, 15) is 4.79 Å². The van der Waals surface area contributed by atoms with Gasteiger partial charge in [-0.3, -0.25) is 0 Å². The Labute approximate surface area is 107 Å². The molecule has 0 fully saturated rings. The summed E-state index contributed by atoms with van der Waals surface area (Å²) in [6.45, 7) is 15.6. The fourth-order valence-electron chi connectivity index (χ4n) is 3.09. The molecule has 3 heteroatoms. The van der Waals surface area contributed by atoms with Crippen molar-refractivity contribution in [2.24, 2.45) is 0 Å². The molecule has 100 valence electrons. The molecule has 0 radical (unpaired) electrons. The van der Waals surface area contributed by atoms with Gasteiger partial charge in [-0.15, -0.1) is 0 Å². The Kier molecular flexibility index (Phi) is 6.17. The normalized spacial score (nSPS) is 13.7. The summed E-state index contributed by atoms with van der Waals surface area (Å²) in [6.07, 6.45) is 0. The van der Waals surface area contributed by atoms with Crippen molar-refractivity contribution in [3.8, 4) is 0 Å². The second-order valence-corrected chi connectivity index (χ2v) is 11.5. The van der Waals surface area contributed by atoms with Gasteiger partial charge >= 0.3 is 5.97 Å². The molecule has 0 saturated heterocycles. The van der Waals surface area contributed by atoms with E-state index in [-0.39, 0.29) is 5.97 Å². The number of methoxy groups -OCH3 is 1. The molecule has 0 bridgehead atoms. The van der Waals surface area contributed by atoms with E-state index in [0.29, 0.717) is 16.6 Å². The number of hydrogen-bond donors (Lipinski definition) is 0. The van der Waals surface area contributed by atoms with Crippen molar-refractivity contribution in [3.05, 3.63) is 11.3 Å². The van der Waals surface area contributed by atoms with Gasteiger partial charge in [-0.2, -0.15) is 0 Å². The molecule has 0 aromatic carbocycles. The summed E-state index contributed by atoms with van der Waals surface area (Å²) in [6, 6.07) is 0. The molecule has 0 saturated carbocycles. The predicted molar refractivity (Wildman–Crippen MR) is 76.8 cm³/mol. The number of hydrogen-bond acceptors (Lipinski definition) is 2. The highest BCUT2D eigenvalue weighted by Gasteiger charge is 2.41. The summed E-state index contributed by atoms with van der Waals surface area (Å²) in [7, 11) is -0.185. The van der Waals surface area contributed by atoms with E-state index < -0.39 is 8.07 Å². The fourth-order valence-corrected chi connectivity index (χ4v) is 8.96. The smallest absolute Gasteiger partial charge is 0.332 e.